The number of carboxylic acids is 1. The lowest BCUT2D eigenvalue weighted by Gasteiger charge is -2.33. The lowest BCUT2D eigenvalue weighted by atomic mass is 9.77. The molecule has 0 bridgehead atoms. The van der Waals surface area contributed by atoms with Crippen molar-refractivity contribution in [1.82, 2.24) is 4.90 Å². The number of carboxylic acid groups (broad SMARTS) is 1. The van der Waals surface area contributed by atoms with Gasteiger partial charge in [-0.25, -0.2) is 0 Å². The third-order valence-corrected chi connectivity index (χ3v) is 4.51. The highest BCUT2D eigenvalue weighted by Crippen LogP contribution is 2.38. The first-order valence-electron chi connectivity index (χ1n) is 6.62. The molecule has 1 aromatic carbocycles. The van der Waals surface area contributed by atoms with Gasteiger partial charge in [-0.2, -0.15) is 0 Å². The largest absolute Gasteiger partial charge is 0.481 e. The van der Waals surface area contributed by atoms with Crippen molar-refractivity contribution in [3.8, 4) is 0 Å². The molecule has 3 nitrogen and oxygen atoms in total. The first kappa shape index (κ1) is 11.7. The fourth-order valence-electron chi connectivity index (χ4n) is 3.22. The Balaban J connectivity index is 1.62. The molecule has 1 aliphatic heterocycles. The molecule has 0 saturated carbocycles. The Bertz CT molecular complexity index is 485. The monoisotopic (exact) mass is 245 g/mol. The van der Waals surface area contributed by atoms with Gasteiger partial charge in [-0.3, -0.25) is 4.79 Å². The molecule has 18 heavy (non-hydrogen) atoms. The zero-order valence-electron chi connectivity index (χ0n) is 10.7. The third-order valence-electron chi connectivity index (χ3n) is 4.51. The summed E-state index contributed by atoms with van der Waals surface area (Å²) in [5.74, 6) is -0.0450. The Morgan fingerprint density at radius 2 is 2.28 bits per heavy atom. The van der Waals surface area contributed by atoms with E-state index in [9.17, 15) is 9.90 Å². The molecule has 0 aromatic heterocycles. The summed E-state index contributed by atoms with van der Waals surface area (Å²) in [6, 6.07) is 8.58. The van der Waals surface area contributed by atoms with E-state index in [2.05, 4.69) is 29.2 Å². The molecule has 1 aromatic rings. The molecular weight excluding hydrogens is 226 g/mol. The average Bonchev–Trinajstić information content (AvgIpc) is 2.70. The van der Waals surface area contributed by atoms with E-state index in [1.54, 1.807) is 0 Å². The molecule has 2 atom stereocenters. The molecule has 0 amide bonds. The molecule has 1 heterocycles. The fraction of sp³-hybridized carbons (Fsp3) is 0.533. The number of hydrogen-bond acceptors (Lipinski definition) is 2. The number of likely N-dealkylation sites (tertiary alicyclic amines) is 1. The van der Waals surface area contributed by atoms with Crippen LogP contribution < -0.4 is 0 Å². The van der Waals surface area contributed by atoms with E-state index >= 15 is 0 Å². The molecular formula is C15H19NO2. The minimum absolute atomic E-state index is 0.538. The van der Waals surface area contributed by atoms with Crippen molar-refractivity contribution in [1.29, 1.82) is 0 Å². The second kappa shape index (κ2) is 4.09. The van der Waals surface area contributed by atoms with E-state index in [0.29, 0.717) is 12.5 Å². The van der Waals surface area contributed by atoms with Crippen LogP contribution in [0.15, 0.2) is 24.3 Å². The Morgan fingerprint density at radius 1 is 1.50 bits per heavy atom. The Kier molecular flexibility index (Phi) is 2.67. The number of rotatable bonds is 3. The maximum absolute atomic E-state index is 11.2. The summed E-state index contributed by atoms with van der Waals surface area (Å²) in [5, 5.41) is 9.23. The van der Waals surface area contributed by atoms with Gasteiger partial charge in [0.1, 0.15) is 0 Å². The van der Waals surface area contributed by atoms with E-state index < -0.39 is 11.4 Å². The van der Waals surface area contributed by atoms with Gasteiger partial charge in [0.2, 0.25) is 0 Å². The van der Waals surface area contributed by atoms with Crippen molar-refractivity contribution in [3.63, 3.8) is 0 Å². The van der Waals surface area contributed by atoms with Crippen molar-refractivity contribution in [2.24, 2.45) is 5.41 Å². The first-order valence-corrected chi connectivity index (χ1v) is 6.62. The number of aliphatic carboxylic acids is 1. The van der Waals surface area contributed by atoms with Gasteiger partial charge < -0.3 is 10.0 Å². The van der Waals surface area contributed by atoms with Gasteiger partial charge >= 0.3 is 5.97 Å². The van der Waals surface area contributed by atoms with Gasteiger partial charge in [0.05, 0.1) is 5.41 Å². The number of nitrogens with zero attached hydrogens (tertiary/aromatic N) is 1. The topological polar surface area (TPSA) is 40.5 Å². The predicted molar refractivity (Wildman–Crippen MR) is 69.7 cm³/mol. The number of benzene rings is 1. The summed E-state index contributed by atoms with van der Waals surface area (Å²) in [6.45, 7) is 4.49. The van der Waals surface area contributed by atoms with Gasteiger partial charge in [0, 0.05) is 19.0 Å². The van der Waals surface area contributed by atoms with Gasteiger partial charge in [0.15, 0.2) is 0 Å². The minimum atomic E-state index is -0.654. The van der Waals surface area contributed by atoms with Crippen molar-refractivity contribution in [2.75, 3.05) is 19.6 Å². The van der Waals surface area contributed by atoms with Crippen LogP contribution >= 0.6 is 0 Å². The molecule has 1 aliphatic carbocycles. The first-order chi connectivity index (χ1) is 8.58. The average molecular weight is 245 g/mol. The van der Waals surface area contributed by atoms with Crippen LogP contribution in [-0.2, 0) is 11.2 Å². The molecule has 0 radical (unpaired) electrons. The second-order valence-electron chi connectivity index (χ2n) is 5.95. The molecule has 2 unspecified atom stereocenters. The van der Waals surface area contributed by atoms with Crippen LogP contribution in [0.5, 0.6) is 0 Å². The predicted octanol–water partition coefficient (Wildman–Crippen LogP) is 2.12. The van der Waals surface area contributed by atoms with E-state index in [1.165, 1.54) is 11.1 Å². The Hall–Kier alpha value is -1.35. The maximum atomic E-state index is 11.2. The van der Waals surface area contributed by atoms with Crippen LogP contribution in [0.2, 0.25) is 0 Å². The molecule has 3 rings (SSSR count). The smallest absolute Gasteiger partial charge is 0.310 e. The van der Waals surface area contributed by atoms with Crippen molar-refractivity contribution in [3.05, 3.63) is 35.4 Å². The summed E-state index contributed by atoms with van der Waals surface area (Å²) in [6.07, 6.45) is 1.92. The summed E-state index contributed by atoms with van der Waals surface area (Å²) >= 11 is 0. The van der Waals surface area contributed by atoms with Crippen molar-refractivity contribution < 1.29 is 9.90 Å². The highest BCUT2D eigenvalue weighted by Gasteiger charge is 2.41. The highest BCUT2D eigenvalue weighted by molar-refractivity contribution is 5.74. The summed E-state index contributed by atoms with van der Waals surface area (Å²) < 4.78 is 0. The van der Waals surface area contributed by atoms with Crippen molar-refractivity contribution in [2.45, 2.75) is 25.7 Å². The summed E-state index contributed by atoms with van der Waals surface area (Å²) in [4.78, 5) is 13.5. The van der Waals surface area contributed by atoms with Crippen LogP contribution in [0, 0.1) is 5.41 Å². The number of hydrogen-bond donors (Lipinski definition) is 1. The maximum Gasteiger partial charge on any atom is 0.310 e. The van der Waals surface area contributed by atoms with Crippen LogP contribution in [0.4, 0.5) is 0 Å². The lowest BCUT2D eigenvalue weighted by molar-refractivity contribution is -0.147. The van der Waals surface area contributed by atoms with Crippen LogP contribution in [0.25, 0.3) is 0 Å². The lowest BCUT2D eigenvalue weighted by Crippen LogP contribution is -2.35. The van der Waals surface area contributed by atoms with E-state index in [0.717, 1.165) is 25.9 Å². The van der Waals surface area contributed by atoms with Crippen LogP contribution in [-0.4, -0.2) is 35.6 Å². The minimum Gasteiger partial charge on any atom is -0.481 e. The Morgan fingerprint density at radius 3 is 2.94 bits per heavy atom. The molecule has 1 fully saturated rings. The zero-order chi connectivity index (χ0) is 12.8. The molecule has 2 aliphatic rings. The quantitative estimate of drug-likeness (QED) is 0.886. The molecule has 1 N–H and O–H groups in total. The third kappa shape index (κ3) is 1.83. The zero-order valence-corrected chi connectivity index (χ0v) is 10.7. The normalized spacial score (nSPS) is 30.8. The summed E-state index contributed by atoms with van der Waals surface area (Å²) in [7, 11) is 0. The molecule has 1 saturated heterocycles. The SMILES string of the molecule is CC1(C(=O)O)CCN(CC2Cc3ccccc32)C1. The molecule has 3 heteroatoms. The van der Waals surface area contributed by atoms with Crippen LogP contribution in [0.1, 0.15) is 30.4 Å². The Labute approximate surface area is 107 Å². The van der Waals surface area contributed by atoms with Crippen molar-refractivity contribution >= 4 is 5.97 Å². The highest BCUT2D eigenvalue weighted by atomic mass is 16.4. The van der Waals surface area contributed by atoms with E-state index in [-0.39, 0.29) is 0 Å². The molecule has 0 spiro atoms. The van der Waals surface area contributed by atoms with Gasteiger partial charge in [-0.05, 0) is 37.4 Å². The van der Waals surface area contributed by atoms with Crippen LogP contribution in [0.3, 0.4) is 0 Å². The van der Waals surface area contributed by atoms with E-state index in [1.807, 2.05) is 6.92 Å². The van der Waals surface area contributed by atoms with Gasteiger partial charge in [-0.15, -0.1) is 0 Å². The number of fused-ring (bicyclic) bond motifs is 1. The summed E-state index contributed by atoms with van der Waals surface area (Å²) in [5.41, 5.74) is 2.38. The second-order valence-corrected chi connectivity index (χ2v) is 5.95. The number of carbonyl (C=O) groups is 1. The molecule has 96 valence electrons. The standard InChI is InChI=1S/C15H19NO2/c1-15(14(17)18)6-7-16(10-15)9-12-8-11-4-2-3-5-13(11)12/h2-5,12H,6-10H2,1H3,(H,17,18). The van der Waals surface area contributed by atoms with Gasteiger partial charge in [-0.1, -0.05) is 24.3 Å². The van der Waals surface area contributed by atoms with E-state index in [4.69, 9.17) is 0 Å². The van der Waals surface area contributed by atoms with Gasteiger partial charge in [0.25, 0.3) is 0 Å². The fourth-order valence-corrected chi connectivity index (χ4v) is 3.22.